The van der Waals surface area contributed by atoms with Crippen molar-refractivity contribution in [2.45, 2.75) is 13.2 Å². The minimum absolute atomic E-state index is 0.160. The Kier molecular flexibility index (Phi) is 3.39. The molecule has 1 N–H and O–H groups in total. The van der Waals surface area contributed by atoms with Crippen molar-refractivity contribution in [3.63, 3.8) is 0 Å². The van der Waals surface area contributed by atoms with Crippen molar-refractivity contribution in [3.8, 4) is 5.75 Å². The monoisotopic (exact) mass is 236 g/mol. The van der Waals surface area contributed by atoms with Crippen LogP contribution in [0.1, 0.15) is 11.3 Å². The Balaban J connectivity index is 2.04. The summed E-state index contributed by atoms with van der Waals surface area (Å²) in [5.74, 6) is -0.319. The van der Waals surface area contributed by atoms with Gasteiger partial charge in [0.15, 0.2) is 11.6 Å². The number of ether oxygens (including phenoxy) is 1. The molecule has 2 rings (SSSR count). The topological polar surface area (TPSA) is 47.3 Å². The minimum atomic E-state index is -0.479. The first-order valence-electron chi connectivity index (χ1n) is 5.19. The molecule has 0 spiro atoms. The van der Waals surface area contributed by atoms with Gasteiger partial charge >= 0.3 is 0 Å². The Morgan fingerprint density at radius 3 is 2.82 bits per heavy atom. The van der Waals surface area contributed by atoms with Gasteiger partial charge in [0.1, 0.15) is 6.61 Å². The van der Waals surface area contributed by atoms with E-state index in [0.29, 0.717) is 5.56 Å². The minimum Gasteiger partial charge on any atom is -0.484 e. The lowest BCUT2D eigenvalue weighted by Gasteiger charge is -2.06. The van der Waals surface area contributed by atoms with Gasteiger partial charge in [-0.15, -0.1) is 0 Å². The van der Waals surface area contributed by atoms with E-state index in [1.807, 2.05) is 0 Å². The van der Waals surface area contributed by atoms with E-state index in [-0.39, 0.29) is 19.0 Å². The van der Waals surface area contributed by atoms with Gasteiger partial charge < -0.3 is 9.84 Å². The SMILES string of the molecule is Cn1ccc(COc2ccc(CO)cc2F)n1. The molecule has 0 saturated carbocycles. The fourth-order valence-electron chi connectivity index (χ4n) is 1.45. The normalized spacial score (nSPS) is 10.5. The van der Waals surface area contributed by atoms with Crippen LogP contribution >= 0.6 is 0 Å². The average molecular weight is 236 g/mol. The standard InChI is InChI=1S/C12H13FN2O2/c1-15-5-4-10(14-15)8-17-12-3-2-9(7-16)6-11(12)13/h2-6,16H,7-8H2,1H3. The van der Waals surface area contributed by atoms with Gasteiger partial charge in [0.2, 0.25) is 0 Å². The predicted molar refractivity (Wildman–Crippen MR) is 59.9 cm³/mol. The maximum absolute atomic E-state index is 13.5. The van der Waals surface area contributed by atoms with Gasteiger partial charge in [0.25, 0.3) is 0 Å². The van der Waals surface area contributed by atoms with Crippen LogP contribution in [0.3, 0.4) is 0 Å². The maximum atomic E-state index is 13.5. The molecule has 0 unspecified atom stereocenters. The highest BCUT2D eigenvalue weighted by atomic mass is 19.1. The molecule has 1 aromatic carbocycles. The van der Waals surface area contributed by atoms with Crippen molar-refractivity contribution in [3.05, 3.63) is 47.5 Å². The van der Waals surface area contributed by atoms with E-state index in [9.17, 15) is 4.39 Å². The molecule has 4 nitrogen and oxygen atoms in total. The van der Waals surface area contributed by atoms with E-state index in [2.05, 4.69) is 5.10 Å². The average Bonchev–Trinajstić information content (AvgIpc) is 2.73. The number of rotatable bonds is 4. The predicted octanol–water partition coefficient (Wildman–Crippen LogP) is 1.63. The number of aliphatic hydroxyl groups excluding tert-OH is 1. The number of halogens is 1. The van der Waals surface area contributed by atoms with Gasteiger partial charge in [-0.3, -0.25) is 4.68 Å². The van der Waals surface area contributed by atoms with Crippen LogP contribution in [0.25, 0.3) is 0 Å². The number of aryl methyl sites for hydroxylation is 1. The highest BCUT2D eigenvalue weighted by Gasteiger charge is 2.05. The molecule has 2 aromatic rings. The summed E-state index contributed by atoms with van der Waals surface area (Å²) in [6, 6.07) is 6.19. The largest absolute Gasteiger partial charge is 0.484 e. The van der Waals surface area contributed by atoms with Crippen LogP contribution in [-0.4, -0.2) is 14.9 Å². The molecule has 0 radical (unpaired) electrons. The number of hydrogen-bond donors (Lipinski definition) is 1. The molecule has 1 heterocycles. The van der Waals surface area contributed by atoms with Gasteiger partial charge in [0, 0.05) is 13.2 Å². The summed E-state index contributed by atoms with van der Waals surface area (Å²) < 4.78 is 20.4. The van der Waals surface area contributed by atoms with Crippen molar-refractivity contribution in [2.24, 2.45) is 7.05 Å². The number of aromatic nitrogens is 2. The Morgan fingerprint density at radius 1 is 1.41 bits per heavy atom. The summed E-state index contributed by atoms with van der Waals surface area (Å²) in [4.78, 5) is 0. The van der Waals surface area contributed by atoms with Crippen molar-refractivity contribution in [1.82, 2.24) is 9.78 Å². The second kappa shape index (κ2) is 4.97. The molecule has 0 amide bonds. The fourth-order valence-corrected chi connectivity index (χ4v) is 1.45. The third-order valence-electron chi connectivity index (χ3n) is 2.32. The summed E-state index contributed by atoms with van der Waals surface area (Å²) >= 11 is 0. The van der Waals surface area contributed by atoms with E-state index >= 15 is 0 Å². The zero-order chi connectivity index (χ0) is 12.3. The quantitative estimate of drug-likeness (QED) is 0.877. The number of aliphatic hydroxyl groups is 1. The molecule has 17 heavy (non-hydrogen) atoms. The highest BCUT2D eigenvalue weighted by Crippen LogP contribution is 2.19. The molecular formula is C12H13FN2O2. The van der Waals surface area contributed by atoms with Crippen LogP contribution < -0.4 is 4.74 Å². The van der Waals surface area contributed by atoms with Crippen molar-refractivity contribution < 1.29 is 14.2 Å². The van der Waals surface area contributed by atoms with E-state index in [1.54, 1.807) is 30.1 Å². The van der Waals surface area contributed by atoms with Crippen LogP contribution in [0.5, 0.6) is 5.75 Å². The molecule has 0 aliphatic heterocycles. The van der Waals surface area contributed by atoms with Gasteiger partial charge in [0.05, 0.1) is 12.3 Å². The number of nitrogens with zero attached hydrogens (tertiary/aromatic N) is 2. The lowest BCUT2D eigenvalue weighted by atomic mass is 10.2. The zero-order valence-electron chi connectivity index (χ0n) is 9.43. The summed E-state index contributed by atoms with van der Waals surface area (Å²) in [5.41, 5.74) is 1.26. The summed E-state index contributed by atoms with van der Waals surface area (Å²) in [6.07, 6.45) is 1.80. The summed E-state index contributed by atoms with van der Waals surface area (Å²) in [7, 11) is 1.81. The van der Waals surface area contributed by atoms with Crippen LogP contribution in [0.4, 0.5) is 4.39 Å². The van der Waals surface area contributed by atoms with Gasteiger partial charge in [-0.25, -0.2) is 4.39 Å². The Hall–Kier alpha value is -1.88. The Labute approximate surface area is 98.3 Å². The van der Waals surface area contributed by atoms with E-state index in [0.717, 1.165) is 5.69 Å². The summed E-state index contributed by atoms with van der Waals surface area (Å²) in [6.45, 7) is 0.0354. The lowest BCUT2D eigenvalue weighted by molar-refractivity contribution is 0.275. The van der Waals surface area contributed by atoms with Gasteiger partial charge in [-0.1, -0.05) is 6.07 Å². The third-order valence-corrected chi connectivity index (χ3v) is 2.32. The van der Waals surface area contributed by atoms with Crippen molar-refractivity contribution in [1.29, 1.82) is 0 Å². The maximum Gasteiger partial charge on any atom is 0.165 e. The Bertz CT molecular complexity index is 511. The molecule has 0 aliphatic carbocycles. The molecular weight excluding hydrogens is 223 g/mol. The highest BCUT2D eigenvalue weighted by molar-refractivity contribution is 5.29. The van der Waals surface area contributed by atoms with Crippen molar-refractivity contribution >= 4 is 0 Å². The zero-order valence-corrected chi connectivity index (χ0v) is 9.43. The van der Waals surface area contributed by atoms with E-state index in [4.69, 9.17) is 9.84 Å². The number of hydrogen-bond acceptors (Lipinski definition) is 3. The first-order valence-corrected chi connectivity index (χ1v) is 5.19. The van der Waals surface area contributed by atoms with Crippen molar-refractivity contribution in [2.75, 3.05) is 0 Å². The first kappa shape index (κ1) is 11.6. The molecule has 0 bridgehead atoms. The Morgan fingerprint density at radius 2 is 2.24 bits per heavy atom. The first-order chi connectivity index (χ1) is 8.19. The van der Waals surface area contributed by atoms with Gasteiger partial charge in [-0.05, 0) is 23.8 Å². The fraction of sp³-hybridized carbons (Fsp3) is 0.250. The van der Waals surface area contributed by atoms with Crippen LogP contribution in [0, 0.1) is 5.82 Å². The third kappa shape index (κ3) is 2.82. The molecule has 5 heteroatoms. The van der Waals surface area contributed by atoms with Crippen LogP contribution in [-0.2, 0) is 20.3 Å². The van der Waals surface area contributed by atoms with Gasteiger partial charge in [-0.2, -0.15) is 5.10 Å². The molecule has 0 aliphatic rings. The molecule has 90 valence electrons. The lowest BCUT2D eigenvalue weighted by Crippen LogP contribution is -2.00. The number of benzene rings is 1. The van der Waals surface area contributed by atoms with E-state index < -0.39 is 5.82 Å². The molecule has 0 saturated heterocycles. The van der Waals surface area contributed by atoms with Crippen LogP contribution in [0.15, 0.2) is 30.5 Å². The van der Waals surface area contributed by atoms with E-state index in [1.165, 1.54) is 12.1 Å². The smallest absolute Gasteiger partial charge is 0.165 e. The second-order valence-corrected chi connectivity index (χ2v) is 3.69. The molecule has 0 atom stereocenters. The van der Waals surface area contributed by atoms with Crippen LogP contribution in [0.2, 0.25) is 0 Å². The molecule has 1 aromatic heterocycles. The summed E-state index contributed by atoms with van der Waals surface area (Å²) in [5, 5.41) is 13.0. The molecule has 0 fully saturated rings. The second-order valence-electron chi connectivity index (χ2n) is 3.69.